The van der Waals surface area contributed by atoms with E-state index in [2.05, 4.69) is 47.2 Å². The molecular formula is C12H18BrClN2. The highest BCUT2D eigenvalue weighted by atomic mass is 79.9. The maximum atomic E-state index is 5.95. The first-order chi connectivity index (χ1) is 7.50. The highest BCUT2D eigenvalue weighted by Gasteiger charge is 2.05. The van der Waals surface area contributed by atoms with Crippen molar-refractivity contribution in [1.29, 1.82) is 0 Å². The van der Waals surface area contributed by atoms with Crippen molar-refractivity contribution in [2.45, 2.75) is 19.5 Å². The Labute approximate surface area is 111 Å². The summed E-state index contributed by atoms with van der Waals surface area (Å²) in [5.74, 6) is 0. The first-order valence-corrected chi connectivity index (χ1v) is 6.49. The Hall–Kier alpha value is -0.0900. The van der Waals surface area contributed by atoms with Gasteiger partial charge < -0.3 is 10.2 Å². The van der Waals surface area contributed by atoms with Gasteiger partial charge in [0.15, 0.2) is 0 Å². The van der Waals surface area contributed by atoms with E-state index in [0.29, 0.717) is 6.04 Å². The van der Waals surface area contributed by atoms with Crippen LogP contribution in [0.15, 0.2) is 22.7 Å². The van der Waals surface area contributed by atoms with Crippen molar-refractivity contribution in [2.24, 2.45) is 0 Å². The second kappa shape index (κ2) is 6.60. The van der Waals surface area contributed by atoms with Crippen LogP contribution in [0.25, 0.3) is 0 Å². The monoisotopic (exact) mass is 304 g/mol. The van der Waals surface area contributed by atoms with Crippen molar-refractivity contribution in [3.05, 3.63) is 33.3 Å². The van der Waals surface area contributed by atoms with E-state index < -0.39 is 0 Å². The fourth-order valence-electron chi connectivity index (χ4n) is 1.28. The summed E-state index contributed by atoms with van der Waals surface area (Å²) in [4.78, 5) is 2.19. The first kappa shape index (κ1) is 14.0. The molecule has 1 aromatic rings. The Morgan fingerprint density at radius 2 is 2.12 bits per heavy atom. The lowest BCUT2D eigenvalue weighted by atomic mass is 10.2. The Morgan fingerprint density at radius 3 is 2.75 bits per heavy atom. The lowest BCUT2D eigenvalue weighted by molar-refractivity contribution is 0.302. The molecule has 0 radical (unpaired) electrons. The van der Waals surface area contributed by atoms with Gasteiger partial charge in [0.1, 0.15) is 0 Å². The number of hydrogen-bond donors (Lipinski definition) is 1. The van der Waals surface area contributed by atoms with E-state index in [1.165, 1.54) is 5.56 Å². The molecule has 0 saturated heterocycles. The molecule has 0 bridgehead atoms. The minimum absolute atomic E-state index is 0.526. The average molecular weight is 306 g/mol. The van der Waals surface area contributed by atoms with E-state index in [0.717, 1.165) is 22.6 Å². The molecule has 0 aliphatic rings. The van der Waals surface area contributed by atoms with Crippen LogP contribution >= 0.6 is 27.5 Å². The standard InChI is InChI=1S/C12H18BrClN2/c1-9(16(2)3)7-15-8-10-6-11(14)4-5-12(10)13/h4-6,9,15H,7-8H2,1-3H3. The molecule has 0 saturated carbocycles. The zero-order valence-electron chi connectivity index (χ0n) is 9.93. The van der Waals surface area contributed by atoms with Gasteiger partial charge in [-0.1, -0.05) is 27.5 Å². The van der Waals surface area contributed by atoms with Crippen LogP contribution in [0.5, 0.6) is 0 Å². The molecule has 1 N–H and O–H groups in total. The summed E-state index contributed by atoms with van der Waals surface area (Å²) in [5, 5.41) is 4.20. The van der Waals surface area contributed by atoms with Crippen LogP contribution < -0.4 is 5.32 Å². The van der Waals surface area contributed by atoms with Gasteiger partial charge in [0.05, 0.1) is 0 Å². The Balaban J connectivity index is 2.45. The summed E-state index contributed by atoms with van der Waals surface area (Å²) in [5.41, 5.74) is 1.19. The van der Waals surface area contributed by atoms with Crippen LogP contribution in [0, 0.1) is 0 Å². The fraction of sp³-hybridized carbons (Fsp3) is 0.500. The van der Waals surface area contributed by atoms with Gasteiger partial charge in [-0.3, -0.25) is 0 Å². The SMILES string of the molecule is CC(CNCc1cc(Cl)ccc1Br)N(C)C. The third-order valence-electron chi connectivity index (χ3n) is 2.64. The minimum atomic E-state index is 0.526. The normalized spacial score (nSPS) is 13.1. The molecule has 0 amide bonds. The maximum Gasteiger partial charge on any atom is 0.0410 e. The molecule has 4 heteroatoms. The maximum absolute atomic E-state index is 5.95. The van der Waals surface area contributed by atoms with E-state index in [4.69, 9.17) is 11.6 Å². The van der Waals surface area contributed by atoms with Gasteiger partial charge in [-0.15, -0.1) is 0 Å². The molecule has 1 rings (SSSR count). The van der Waals surface area contributed by atoms with E-state index in [9.17, 15) is 0 Å². The van der Waals surface area contributed by atoms with Gasteiger partial charge in [0, 0.05) is 28.6 Å². The number of nitrogens with zero attached hydrogens (tertiary/aromatic N) is 1. The highest BCUT2D eigenvalue weighted by Crippen LogP contribution is 2.20. The lowest BCUT2D eigenvalue weighted by Gasteiger charge is -2.20. The molecule has 2 nitrogen and oxygen atoms in total. The molecule has 0 aliphatic heterocycles. The van der Waals surface area contributed by atoms with Gasteiger partial charge in [-0.2, -0.15) is 0 Å². The summed E-state index contributed by atoms with van der Waals surface area (Å²) in [6.07, 6.45) is 0. The molecule has 1 atom stereocenters. The molecule has 1 unspecified atom stereocenters. The second-order valence-corrected chi connectivity index (χ2v) is 5.47. The third-order valence-corrected chi connectivity index (χ3v) is 3.65. The van der Waals surface area contributed by atoms with Gasteiger partial charge in [-0.25, -0.2) is 0 Å². The predicted octanol–water partition coefficient (Wildman–Crippen LogP) is 3.14. The molecule has 16 heavy (non-hydrogen) atoms. The molecule has 0 fully saturated rings. The smallest absolute Gasteiger partial charge is 0.0410 e. The molecule has 0 spiro atoms. The predicted molar refractivity (Wildman–Crippen MR) is 74.0 cm³/mol. The minimum Gasteiger partial charge on any atom is -0.311 e. The average Bonchev–Trinajstić information content (AvgIpc) is 2.22. The van der Waals surface area contributed by atoms with Gasteiger partial charge in [0.25, 0.3) is 0 Å². The summed E-state index contributed by atoms with van der Waals surface area (Å²) in [7, 11) is 4.17. The molecule has 1 aromatic carbocycles. The number of nitrogens with one attached hydrogen (secondary N) is 1. The zero-order valence-corrected chi connectivity index (χ0v) is 12.3. The quantitative estimate of drug-likeness (QED) is 0.899. The Kier molecular flexibility index (Phi) is 5.76. The van der Waals surface area contributed by atoms with Crippen LogP contribution in [0.3, 0.4) is 0 Å². The largest absolute Gasteiger partial charge is 0.311 e. The lowest BCUT2D eigenvalue weighted by Crippen LogP contribution is -2.35. The summed E-state index contributed by atoms with van der Waals surface area (Å²) in [6.45, 7) is 3.99. The number of halogens is 2. The number of hydrogen-bond acceptors (Lipinski definition) is 2. The summed E-state index contributed by atoms with van der Waals surface area (Å²) < 4.78 is 1.10. The molecule has 0 aromatic heterocycles. The van der Waals surface area contributed by atoms with Crippen LogP contribution in [0.4, 0.5) is 0 Å². The molecule has 0 heterocycles. The zero-order chi connectivity index (χ0) is 12.1. The fourth-order valence-corrected chi connectivity index (χ4v) is 1.86. The summed E-state index contributed by atoms with van der Waals surface area (Å²) in [6, 6.07) is 6.38. The van der Waals surface area contributed by atoms with Crippen molar-refractivity contribution in [3.63, 3.8) is 0 Å². The first-order valence-electron chi connectivity index (χ1n) is 5.31. The Morgan fingerprint density at radius 1 is 1.44 bits per heavy atom. The second-order valence-electron chi connectivity index (χ2n) is 4.18. The third kappa shape index (κ3) is 4.42. The van der Waals surface area contributed by atoms with Crippen LogP contribution in [0.2, 0.25) is 5.02 Å². The molecular weight excluding hydrogens is 288 g/mol. The topological polar surface area (TPSA) is 15.3 Å². The number of benzene rings is 1. The van der Waals surface area contributed by atoms with Gasteiger partial charge in [0.2, 0.25) is 0 Å². The van der Waals surface area contributed by atoms with Crippen molar-refractivity contribution in [3.8, 4) is 0 Å². The summed E-state index contributed by atoms with van der Waals surface area (Å²) >= 11 is 9.47. The molecule has 90 valence electrons. The van der Waals surface area contributed by atoms with Crippen LogP contribution in [-0.2, 0) is 6.54 Å². The van der Waals surface area contributed by atoms with Crippen molar-refractivity contribution >= 4 is 27.5 Å². The van der Waals surface area contributed by atoms with Crippen LogP contribution in [0.1, 0.15) is 12.5 Å². The number of rotatable bonds is 5. The van der Waals surface area contributed by atoms with Crippen molar-refractivity contribution < 1.29 is 0 Å². The Bertz CT molecular complexity index is 342. The van der Waals surface area contributed by atoms with E-state index in [-0.39, 0.29) is 0 Å². The van der Waals surface area contributed by atoms with Gasteiger partial charge in [-0.05, 0) is 44.8 Å². The van der Waals surface area contributed by atoms with Crippen molar-refractivity contribution in [1.82, 2.24) is 10.2 Å². The van der Waals surface area contributed by atoms with E-state index in [1.807, 2.05) is 18.2 Å². The number of likely N-dealkylation sites (N-methyl/N-ethyl adjacent to an activating group) is 1. The van der Waals surface area contributed by atoms with E-state index >= 15 is 0 Å². The molecule has 0 aliphatic carbocycles. The van der Waals surface area contributed by atoms with Crippen molar-refractivity contribution in [2.75, 3.05) is 20.6 Å². The van der Waals surface area contributed by atoms with E-state index in [1.54, 1.807) is 0 Å². The highest BCUT2D eigenvalue weighted by molar-refractivity contribution is 9.10. The van der Waals surface area contributed by atoms with Crippen LogP contribution in [-0.4, -0.2) is 31.6 Å². The van der Waals surface area contributed by atoms with Gasteiger partial charge >= 0.3 is 0 Å².